The van der Waals surface area contributed by atoms with Gasteiger partial charge >= 0.3 is 0 Å². The minimum Gasteiger partial charge on any atom is -0.507 e. The van der Waals surface area contributed by atoms with Crippen LogP contribution in [0.25, 0.3) is 0 Å². The normalized spacial score (nSPS) is 18.4. The molecule has 1 aliphatic rings. The maximum Gasteiger partial charge on any atom is 0.240 e. The number of thioether (sulfide) groups is 1. The molecule has 0 unspecified atom stereocenters. The zero-order chi connectivity index (χ0) is 18.5. The van der Waals surface area contributed by atoms with Crippen LogP contribution in [0, 0.1) is 0 Å². The smallest absolute Gasteiger partial charge is 0.240 e. The number of hydrogen-bond acceptors (Lipinski definition) is 6. The molecule has 0 saturated carbocycles. The Morgan fingerprint density at radius 3 is 2.69 bits per heavy atom. The van der Waals surface area contributed by atoms with Gasteiger partial charge < -0.3 is 10.4 Å². The van der Waals surface area contributed by atoms with Crippen molar-refractivity contribution in [2.45, 2.75) is 11.7 Å². The number of ketones is 1. The Morgan fingerprint density at radius 1 is 1.23 bits per heavy atom. The van der Waals surface area contributed by atoms with E-state index in [2.05, 4.69) is 31.4 Å². The van der Waals surface area contributed by atoms with E-state index in [1.807, 2.05) is 0 Å². The van der Waals surface area contributed by atoms with Gasteiger partial charge in [-0.25, -0.2) is 0 Å². The fourth-order valence-corrected chi connectivity index (χ4v) is 3.44. The van der Waals surface area contributed by atoms with Gasteiger partial charge in [-0.3, -0.25) is 9.59 Å². The number of phenolic OH excluding ortho intramolecular Hbond substituents is 1. The lowest BCUT2D eigenvalue weighted by Gasteiger charge is -2.04. The number of benzene rings is 2. The van der Waals surface area contributed by atoms with Gasteiger partial charge in [0.25, 0.3) is 0 Å². The first kappa shape index (κ1) is 18.3. The number of amidine groups is 1. The maximum absolute atomic E-state index is 12.3. The molecule has 3 rings (SSSR count). The molecule has 0 bridgehead atoms. The minimum atomic E-state index is -0.537. The van der Waals surface area contributed by atoms with Crippen LogP contribution in [-0.2, 0) is 4.79 Å². The van der Waals surface area contributed by atoms with E-state index in [0.29, 0.717) is 16.3 Å². The number of nitrogens with zero attached hydrogens (tertiary/aromatic N) is 2. The number of nitrogens with one attached hydrogen (secondary N) is 1. The average molecular weight is 432 g/mol. The maximum atomic E-state index is 12.3. The highest BCUT2D eigenvalue weighted by atomic mass is 79.9. The van der Waals surface area contributed by atoms with Gasteiger partial charge in [-0.1, -0.05) is 52.0 Å². The number of Topliss-reactive ketones (excluding diaryl/α,β-unsaturated/α-hetero) is 1. The summed E-state index contributed by atoms with van der Waals surface area (Å²) in [6.07, 6.45) is 1.48. The van der Waals surface area contributed by atoms with Crippen LogP contribution in [0.3, 0.4) is 0 Å². The molecule has 0 spiro atoms. The van der Waals surface area contributed by atoms with Crippen LogP contribution in [0.2, 0.25) is 0 Å². The molecular weight excluding hydrogens is 418 g/mol. The molecule has 0 radical (unpaired) electrons. The predicted octanol–water partition coefficient (Wildman–Crippen LogP) is 3.35. The highest BCUT2D eigenvalue weighted by Crippen LogP contribution is 2.24. The second-order valence-corrected chi connectivity index (χ2v) is 7.55. The Morgan fingerprint density at radius 2 is 1.96 bits per heavy atom. The molecule has 1 saturated heterocycles. The average Bonchev–Trinajstić information content (AvgIpc) is 2.96. The molecule has 132 valence electrons. The number of amides is 1. The quantitative estimate of drug-likeness (QED) is 0.431. The number of carbonyl (C=O) groups excluding carboxylic acids is 2. The van der Waals surface area contributed by atoms with Gasteiger partial charge in [-0.2, -0.15) is 5.10 Å². The molecule has 0 aliphatic carbocycles. The van der Waals surface area contributed by atoms with Gasteiger partial charge in [-0.05, 0) is 24.3 Å². The van der Waals surface area contributed by atoms with Crippen molar-refractivity contribution in [3.8, 4) is 5.75 Å². The first-order valence-electron chi connectivity index (χ1n) is 7.68. The van der Waals surface area contributed by atoms with E-state index in [-0.39, 0.29) is 23.9 Å². The number of phenols is 1. The molecular formula is C18H14BrN3O3S. The number of aromatic hydroxyl groups is 1. The molecule has 1 atom stereocenters. The first-order valence-corrected chi connectivity index (χ1v) is 9.35. The Bertz CT molecular complexity index is 897. The Kier molecular flexibility index (Phi) is 5.85. The Hall–Kier alpha value is -2.45. The van der Waals surface area contributed by atoms with Crippen LogP contribution < -0.4 is 5.32 Å². The van der Waals surface area contributed by atoms with Gasteiger partial charge in [0, 0.05) is 22.0 Å². The molecule has 8 heteroatoms. The molecule has 2 N–H and O–H groups in total. The molecule has 2 aromatic carbocycles. The summed E-state index contributed by atoms with van der Waals surface area (Å²) < 4.78 is 0.888. The third kappa shape index (κ3) is 4.59. The lowest BCUT2D eigenvalue weighted by molar-refractivity contribution is -0.118. The van der Waals surface area contributed by atoms with Crippen LogP contribution >= 0.6 is 27.7 Å². The zero-order valence-electron chi connectivity index (χ0n) is 13.4. The van der Waals surface area contributed by atoms with E-state index in [1.54, 1.807) is 48.5 Å². The number of para-hydroxylation sites is 1. The predicted molar refractivity (Wildman–Crippen MR) is 106 cm³/mol. The van der Waals surface area contributed by atoms with Crippen LogP contribution in [0.1, 0.15) is 22.3 Å². The molecule has 1 fully saturated rings. The molecule has 1 heterocycles. The lowest BCUT2D eigenvalue weighted by Crippen LogP contribution is -2.26. The second kappa shape index (κ2) is 8.29. The molecule has 0 aromatic heterocycles. The summed E-state index contributed by atoms with van der Waals surface area (Å²) >= 11 is 4.49. The summed E-state index contributed by atoms with van der Waals surface area (Å²) in [5.41, 5.74) is 1.08. The lowest BCUT2D eigenvalue weighted by atomic mass is 10.1. The number of carbonyl (C=O) groups is 2. The van der Waals surface area contributed by atoms with E-state index >= 15 is 0 Å². The van der Waals surface area contributed by atoms with Crippen molar-refractivity contribution in [1.29, 1.82) is 0 Å². The van der Waals surface area contributed by atoms with E-state index < -0.39 is 5.25 Å². The third-order valence-corrected chi connectivity index (χ3v) is 5.20. The summed E-state index contributed by atoms with van der Waals surface area (Å²) in [4.78, 5) is 24.3. The van der Waals surface area contributed by atoms with Crippen LogP contribution in [-0.4, -0.2) is 33.4 Å². The van der Waals surface area contributed by atoms with Gasteiger partial charge in [-0.15, -0.1) is 5.10 Å². The Labute approximate surface area is 162 Å². The summed E-state index contributed by atoms with van der Waals surface area (Å²) in [6.45, 7) is 0. The van der Waals surface area contributed by atoms with Crippen molar-refractivity contribution < 1.29 is 14.7 Å². The van der Waals surface area contributed by atoms with Gasteiger partial charge in [0.05, 0.1) is 11.5 Å². The second-order valence-electron chi connectivity index (χ2n) is 5.44. The SMILES string of the molecule is O=C(C[C@H]1S/C(=N/N=C/c2ccccc2O)NC1=O)c1ccc(Br)cc1. The largest absolute Gasteiger partial charge is 0.507 e. The first-order chi connectivity index (χ1) is 12.5. The highest BCUT2D eigenvalue weighted by molar-refractivity contribution is 9.10. The topological polar surface area (TPSA) is 91.1 Å². The van der Waals surface area contributed by atoms with E-state index in [1.165, 1.54) is 18.0 Å². The van der Waals surface area contributed by atoms with Crippen LogP contribution in [0.4, 0.5) is 0 Å². The van der Waals surface area contributed by atoms with Crippen molar-refractivity contribution in [3.05, 3.63) is 64.1 Å². The van der Waals surface area contributed by atoms with Crippen LogP contribution in [0.5, 0.6) is 5.75 Å². The summed E-state index contributed by atoms with van der Waals surface area (Å²) in [6, 6.07) is 13.7. The van der Waals surface area contributed by atoms with Crippen molar-refractivity contribution >= 4 is 50.8 Å². The fourth-order valence-electron chi connectivity index (χ4n) is 2.25. The monoisotopic (exact) mass is 431 g/mol. The van der Waals surface area contributed by atoms with Gasteiger partial charge in [0.15, 0.2) is 11.0 Å². The molecule has 1 amide bonds. The summed E-state index contributed by atoms with van der Waals surface area (Å²) in [5, 5.41) is 19.9. The van der Waals surface area contributed by atoms with Crippen LogP contribution in [0.15, 0.2) is 63.2 Å². The Balaban J connectivity index is 1.62. The van der Waals surface area contributed by atoms with E-state index in [4.69, 9.17) is 0 Å². The van der Waals surface area contributed by atoms with Crippen molar-refractivity contribution in [1.82, 2.24) is 5.32 Å². The fraction of sp³-hybridized carbons (Fsp3) is 0.111. The number of hydrogen-bond donors (Lipinski definition) is 2. The van der Waals surface area contributed by atoms with Crippen molar-refractivity contribution in [2.24, 2.45) is 10.2 Å². The molecule has 2 aromatic rings. The zero-order valence-corrected chi connectivity index (χ0v) is 15.8. The minimum absolute atomic E-state index is 0.0837. The number of rotatable bonds is 5. The molecule has 26 heavy (non-hydrogen) atoms. The van der Waals surface area contributed by atoms with E-state index in [0.717, 1.165) is 4.47 Å². The van der Waals surface area contributed by atoms with Crippen molar-refractivity contribution in [3.63, 3.8) is 0 Å². The standard InChI is InChI=1S/C18H14BrN3O3S/c19-13-7-5-11(6-8-13)15(24)9-16-17(25)21-18(26-16)22-20-10-12-3-1-2-4-14(12)23/h1-8,10,16,23H,9H2,(H,21,22,25)/b20-10+/t16-/m1/s1. The summed E-state index contributed by atoms with van der Waals surface area (Å²) in [5.74, 6) is -0.279. The van der Waals surface area contributed by atoms with Gasteiger partial charge in [0.1, 0.15) is 5.75 Å². The molecule has 1 aliphatic heterocycles. The number of halogens is 1. The highest BCUT2D eigenvalue weighted by Gasteiger charge is 2.32. The van der Waals surface area contributed by atoms with Gasteiger partial charge in [0.2, 0.25) is 5.91 Å². The summed E-state index contributed by atoms with van der Waals surface area (Å²) in [7, 11) is 0. The third-order valence-electron chi connectivity index (χ3n) is 3.60. The van der Waals surface area contributed by atoms with Crippen molar-refractivity contribution in [2.75, 3.05) is 0 Å². The molecule has 6 nitrogen and oxygen atoms in total. The van der Waals surface area contributed by atoms with E-state index in [9.17, 15) is 14.7 Å².